The van der Waals surface area contributed by atoms with E-state index in [1.54, 1.807) is 0 Å². The number of hydrogen-bond donors (Lipinski definition) is 1. The molecule has 2 rings (SSSR count). The molecule has 0 radical (unpaired) electrons. The van der Waals surface area contributed by atoms with Crippen molar-refractivity contribution < 1.29 is 0 Å². The highest BCUT2D eigenvalue weighted by molar-refractivity contribution is 5.46. The zero-order valence-corrected chi connectivity index (χ0v) is 11.2. The van der Waals surface area contributed by atoms with Crippen molar-refractivity contribution >= 4 is 5.82 Å². The second kappa shape index (κ2) is 5.63. The van der Waals surface area contributed by atoms with Crippen LogP contribution >= 0.6 is 0 Å². The van der Waals surface area contributed by atoms with Crippen LogP contribution in [-0.2, 0) is 12.8 Å². The SMILES string of the molecule is CCc1c(C)nc(Cc2ccccc2)nc1NC. The van der Waals surface area contributed by atoms with E-state index < -0.39 is 0 Å². The Bertz CT molecular complexity index is 521. The van der Waals surface area contributed by atoms with Gasteiger partial charge in [0.2, 0.25) is 0 Å². The number of aromatic nitrogens is 2. The molecule has 18 heavy (non-hydrogen) atoms. The van der Waals surface area contributed by atoms with Crippen molar-refractivity contribution in [1.82, 2.24) is 9.97 Å². The number of hydrogen-bond acceptors (Lipinski definition) is 3. The van der Waals surface area contributed by atoms with Gasteiger partial charge in [0.1, 0.15) is 11.6 Å². The lowest BCUT2D eigenvalue weighted by Gasteiger charge is -2.11. The van der Waals surface area contributed by atoms with Crippen molar-refractivity contribution in [2.75, 3.05) is 12.4 Å². The van der Waals surface area contributed by atoms with Gasteiger partial charge in [-0.25, -0.2) is 9.97 Å². The molecule has 1 aromatic heterocycles. The van der Waals surface area contributed by atoms with E-state index in [1.807, 2.05) is 25.2 Å². The molecule has 3 heteroatoms. The van der Waals surface area contributed by atoms with Gasteiger partial charge in [-0.05, 0) is 18.9 Å². The average molecular weight is 241 g/mol. The van der Waals surface area contributed by atoms with Gasteiger partial charge in [0.25, 0.3) is 0 Å². The van der Waals surface area contributed by atoms with Crippen LogP contribution in [-0.4, -0.2) is 17.0 Å². The summed E-state index contributed by atoms with van der Waals surface area (Å²) < 4.78 is 0. The first-order valence-electron chi connectivity index (χ1n) is 6.32. The van der Waals surface area contributed by atoms with Crippen LogP contribution in [0.25, 0.3) is 0 Å². The lowest BCUT2D eigenvalue weighted by Crippen LogP contribution is -2.07. The summed E-state index contributed by atoms with van der Waals surface area (Å²) in [4.78, 5) is 9.19. The molecule has 0 amide bonds. The van der Waals surface area contributed by atoms with Crippen LogP contribution < -0.4 is 5.32 Å². The van der Waals surface area contributed by atoms with Gasteiger partial charge in [0.15, 0.2) is 0 Å². The summed E-state index contributed by atoms with van der Waals surface area (Å²) in [7, 11) is 1.91. The fourth-order valence-electron chi connectivity index (χ4n) is 2.14. The molecular weight excluding hydrogens is 222 g/mol. The summed E-state index contributed by atoms with van der Waals surface area (Å²) in [6.07, 6.45) is 1.73. The lowest BCUT2D eigenvalue weighted by atomic mass is 10.1. The number of aryl methyl sites for hydroxylation is 1. The topological polar surface area (TPSA) is 37.8 Å². The van der Waals surface area contributed by atoms with Gasteiger partial charge in [-0.15, -0.1) is 0 Å². The van der Waals surface area contributed by atoms with Gasteiger partial charge in [-0.2, -0.15) is 0 Å². The van der Waals surface area contributed by atoms with Gasteiger partial charge >= 0.3 is 0 Å². The van der Waals surface area contributed by atoms with E-state index in [0.717, 1.165) is 30.2 Å². The maximum atomic E-state index is 4.60. The summed E-state index contributed by atoms with van der Waals surface area (Å²) in [6, 6.07) is 10.3. The molecule has 2 aromatic rings. The number of anilines is 1. The smallest absolute Gasteiger partial charge is 0.135 e. The largest absolute Gasteiger partial charge is 0.373 e. The van der Waals surface area contributed by atoms with Crippen LogP contribution in [0.3, 0.4) is 0 Å². The molecule has 0 atom stereocenters. The maximum absolute atomic E-state index is 4.60. The summed E-state index contributed by atoms with van der Waals surface area (Å²) in [5.74, 6) is 1.83. The summed E-state index contributed by atoms with van der Waals surface area (Å²) >= 11 is 0. The first-order chi connectivity index (χ1) is 8.74. The van der Waals surface area contributed by atoms with Gasteiger partial charge in [-0.3, -0.25) is 0 Å². The first-order valence-corrected chi connectivity index (χ1v) is 6.32. The molecule has 0 aliphatic rings. The Morgan fingerprint density at radius 3 is 2.44 bits per heavy atom. The Morgan fingerprint density at radius 2 is 1.83 bits per heavy atom. The zero-order chi connectivity index (χ0) is 13.0. The fourth-order valence-corrected chi connectivity index (χ4v) is 2.14. The Labute approximate surface area is 108 Å². The normalized spacial score (nSPS) is 10.4. The van der Waals surface area contributed by atoms with Crippen molar-refractivity contribution in [1.29, 1.82) is 0 Å². The van der Waals surface area contributed by atoms with Crippen molar-refractivity contribution in [3.63, 3.8) is 0 Å². The predicted octanol–water partition coefficient (Wildman–Crippen LogP) is 2.98. The van der Waals surface area contributed by atoms with Crippen molar-refractivity contribution in [3.05, 3.63) is 53.0 Å². The van der Waals surface area contributed by atoms with Gasteiger partial charge in [0.05, 0.1) is 0 Å². The van der Waals surface area contributed by atoms with Crippen LogP contribution in [0.15, 0.2) is 30.3 Å². The number of benzene rings is 1. The minimum absolute atomic E-state index is 0.778. The molecule has 94 valence electrons. The van der Waals surface area contributed by atoms with E-state index in [-0.39, 0.29) is 0 Å². The number of rotatable bonds is 4. The zero-order valence-electron chi connectivity index (χ0n) is 11.2. The first kappa shape index (κ1) is 12.6. The molecule has 1 aromatic carbocycles. The maximum Gasteiger partial charge on any atom is 0.135 e. The number of nitrogens with one attached hydrogen (secondary N) is 1. The van der Waals surface area contributed by atoms with Gasteiger partial charge in [0, 0.05) is 24.7 Å². The third-order valence-electron chi connectivity index (χ3n) is 3.06. The Hall–Kier alpha value is -1.90. The second-order valence-electron chi connectivity index (χ2n) is 4.32. The molecule has 0 saturated heterocycles. The van der Waals surface area contributed by atoms with E-state index in [0.29, 0.717) is 0 Å². The van der Waals surface area contributed by atoms with Crippen molar-refractivity contribution in [3.8, 4) is 0 Å². The van der Waals surface area contributed by atoms with Gasteiger partial charge in [-0.1, -0.05) is 37.3 Å². The molecule has 0 bridgehead atoms. The molecule has 3 nitrogen and oxygen atoms in total. The quantitative estimate of drug-likeness (QED) is 0.894. The molecule has 0 saturated carbocycles. The highest BCUT2D eigenvalue weighted by atomic mass is 15.0. The Balaban J connectivity index is 2.32. The molecular formula is C15H19N3. The summed E-state index contributed by atoms with van der Waals surface area (Å²) in [6.45, 7) is 4.18. The van der Waals surface area contributed by atoms with Crippen LogP contribution in [0.4, 0.5) is 5.82 Å². The van der Waals surface area contributed by atoms with E-state index in [1.165, 1.54) is 11.1 Å². The third kappa shape index (κ3) is 2.67. The lowest BCUT2D eigenvalue weighted by molar-refractivity contribution is 0.907. The van der Waals surface area contributed by atoms with Crippen LogP contribution in [0.1, 0.15) is 29.6 Å². The minimum Gasteiger partial charge on any atom is -0.373 e. The van der Waals surface area contributed by atoms with Crippen molar-refractivity contribution in [2.45, 2.75) is 26.7 Å². The highest BCUT2D eigenvalue weighted by Crippen LogP contribution is 2.17. The molecule has 0 aliphatic heterocycles. The van der Waals surface area contributed by atoms with E-state index in [9.17, 15) is 0 Å². The molecule has 0 aliphatic carbocycles. The van der Waals surface area contributed by atoms with Gasteiger partial charge < -0.3 is 5.32 Å². The van der Waals surface area contributed by atoms with Crippen LogP contribution in [0.5, 0.6) is 0 Å². The average Bonchev–Trinajstić information content (AvgIpc) is 2.39. The van der Waals surface area contributed by atoms with E-state index in [4.69, 9.17) is 0 Å². The fraction of sp³-hybridized carbons (Fsp3) is 0.333. The molecule has 1 N–H and O–H groups in total. The Morgan fingerprint density at radius 1 is 1.11 bits per heavy atom. The molecule has 1 heterocycles. The molecule has 0 fully saturated rings. The summed E-state index contributed by atoms with van der Waals surface area (Å²) in [5.41, 5.74) is 3.51. The standard InChI is InChI=1S/C15H19N3/c1-4-13-11(2)17-14(18-15(13)16-3)10-12-8-6-5-7-9-12/h5-9H,4,10H2,1-3H3,(H,16,17,18). The summed E-state index contributed by atoms with van der Waals surface area (Å²) in [5, 5.41) is 3.16. The number of nitrogens with zero attached hydrogens (tertiary/aromatic N) is 2. The van der Waals surface area contributed by atoms with E-state index >= 15 is 0 Å². The predicted molar refractivity (Wildman–Crippen MR) is 74.9 cm³/mol. The monoisotopic (exact) mass is 241 g/mol. The highest BCUT2D eigenvalue weighted by Gasteiger charge is 2.09. The molecule has 0 spiro atoms. The van der Waals surface area contributed by atoms with Crippen LogP contribution in [0, 0.1) is 6.92 Å². The third-order valence-corrected chi connectivity index (χ3v) is 3.06. The van der Waals surface area contributed by atoms with E-state index in [2.05, 4.69) is 41.3 Å². The molecule has 0 unspecified atom stereocenters. The minimum atomic E-state index is 0.778. The van der Waals surface area contributed by atoms with Crippen LogP contribution in [0.2, 0.25) is 0 Å². The Kier molecular flexibility index (Phi) is 3.92. The second-order valence-corrected chi connectivity index (χ2v) is 4.32. The van der Waals surface area contributed by atoms with Crippen molar-refractivity contribution in [2.24, 2.45) is 0 Å².